The van der Waals surface area contributed by atoms with Crippen LogP contribution in [0.3, 0.4) is 0 Å². The van der Waals surface area contributed by atoms with Crippen molar-refractivity contribution in [2.75, 3.05) is 0 Å². The van der Waals surface area contributed by atoms with Crippen LogP contribution in [0.15, 0.2) is 24.3 Å². The van der Waals surface area contributed by atoms with E-state index >= 15 is 0 Å². The molecule has 0 radical (unpaired) electrons. The van der Waals surface area contributed by atoms with Gasteiger partial charge in [-0.1, -0.05) is 204 Å². The Hall–Kier alpha value is -0.560. The van der Waals surface area contributed by atoms with Gasteiger partial charge in [0, 0.05) is 0 Å². The highest BCUT2D eigenvalue weighted by Gasteiger charge is 2.45. The average molecular weight is 741 g/mol. The van der Waals surface area contributed by atoms with E-state index in [4.69, 9.17) is 7.58 Å². The van der Waals surface area contributed by atoms with Gasteiger partial charge in [0.2, 0.25) is 0 Å². The van der Waals surface area contributed by atoms with Crippen LogP contribution in [0.4, 0.5) is 0 Å². The number of aryl methyl sites for hydroxylation is 2. The molecule has 0 aliphatic heterocycles. The largest absolute Gasteiger partial charge is 0.856 e. The van der Waals surface area contributed by atoms with Gasteiger partial charge >= 0.3 is 14.8 Å². The molecule has 0 unspecified atom stereocenters. The Labute approximate surface area is 308 Å². The first kappa shape index (κ1) is 43.6. The first-order valence-electron chi connectivity index (χ1n) is 20.5. The molecule has 0 heterocycles. The molecule has 0 amide bonds. The van der Waals surface area contributed by atoms with Gasteiger partial charge in [0.15, 0.2) is 0 Å². The van der Waals surface area contributed by atoms with Gasteiger partial charge in [-0.25, -0.2) is 0 Å². The molecule has 272 valence electrons. The normalized spacial score (nSPS) is 12.8. The second-order valence-corrected chi connectivity index (χ2v) is 38.0. The van der Waals surface area contributed by atoms with E-state index in [1.807, 2.05) is 0 Å². The molecule has 7 heteroatoms. The van der Waals surface area contributed by atoms with Crippen molar-refractivity contribution in [3.63, 3.8) is 0 Å². The Bertz CT molecular complexity index is 1070. The molecule has 0 N–H and O–H groups in total. The molecule has 0 saturated carbocycles. The van der Waals surface area contributed by atoms with E-state index in [0.717, 1.165) is 11.7 Å². The topological polar surface area (TPSA) is 18.5 Å². The summed E-state index contributed by atoms with van der Waals surface area (Å²) in [5, 5.41) is 7.54. The maximum atomic E-state index is 7.78. The quantitative estimate of drug-likeness (QED) is 0.112. The Kier molecular flexibility index (Phi) is 17.6. The zero-order chi connectivity index (χ0) is 36.3. The van der Waals surface area contributed by atoms with Crippen LogP contribution < -0.4 is 28.3 Å². The van der Waals surface area contributed by atoms with Crippen LogP contribution in [-0.2, 0) is 0 Å². The first-order valence-corrected chi connectivity index (χ1v) is 32.8. The maximum Gasteiger partial charge on any atom is 0.856 e. The Morgan fingerprint density at radius 3 is 0.771 bits per heavy atom. The maximum absolute atomic E-state index is 7.78. The summed E-state index contributed by atoms with van der Waals surface area (Å²) in [5.74, 6) is 2.65. The third-order valence-electron chi connectivity index (χ3n) is 13.9. The second kappa shape index (κ2) is 19.3. The third kappa shape index (κ3) is 8.55. The lowest BCUT2D eigenvalue weighted by Crippen LogP contribution is -2.56. The first-order chi connectivity index (χ1) is 22.9. The molecule has 2 aromatic carbocycles. The molecule has 2 aromatic rings. The molecule has 0 fully saturated rings. The summed E-state index contributed by atoms with van der Waals surface area (Å²) in [4.78, 5) is 0. The SMILES string of the molecule is CC[CH2][Al]([O]c1c([Si](CC)(CC)CC)cc(C)cc1[Si](CC)(CC)CC)[O]c1c([Si](CC)(CC)CC)cc(C)cc1[Si](CC)(CC)CC. The second-order valence-electron chi connectivity index (χ2n) is 15.2. The van der Waals surface area contributed by atoms with Crippen LogP contribution in [0.2, 0.25) is 77.8 Å². The fourth-order valence-corrected chi connectivity index (χ4v) is 27.2. The summed E-state index contributed by atoms with van der Waals surface area (Å²) >= 11 is -2.16. The minimum absolute atomic E-state index is 1.05. The smallest absolute Gasteiger partial charge is 0.612 e. The van der Waals surface area contributed by atoms with E-state index in [9.17, 15) is 0 Å². The lowest BCUT2D eigenvalue weighted by Gasteiger charge is -2.39. The minimum Gasteiger partial charge on any atom is -0.612 e. The molecule has 0 atom stereocenters. The van der Waals surface area contributed by atoms with Crippen molar-refractivity contribution >= 4 is 67.9 Å². The van der Waals surface area contributed by atoms with Crippen molar-refractivity contribution in [3.05, 3.63) is 35.4 Å². The van der Waals surface area contributed by atoms with Gasteiger partial charge in [-0.05, 0) is 39.9 Å². The van der Waals surface area contributed by atoms with Gasteiger partial charge in [0.1, 0.15) is 0 Å². The molecule has 0 bridgehead atoms. The Morgan fingerprint density at radius 1 is 0.396 bits per heavy atom. The molecular formula is C41H77AlO2Si4. The summed E-state index contributed by atoms with van der Waals surface area (Å²) in [6.45, 7) is 36.6. The van der Waals surface area contributed by atoms with Gasteiger partial charge in [0.05, 0.1) is 43.8 Å². The molecule has 0 spiro atoms. The van der Waals surface area contributed by atoms with E-state index < -0.39 is 47.1 Å². The summed E-state index contributed by atoms with van der Waals surface area (Å²) in [7, 11) is -6.98. The monoisotopic (exact) mass is 740 g/mol. The van der Waals surface area contributed by atoms with Crippen molar-refractivity contribution in [2.24, 2.45) is 0 Å². The molecule has 48 heavy (non-hydrogen) atoms. The van der Waals surface area contributed by atoms with Crippen LogP contribution in [0, 0.1) is 13.8 Å². The summed E-state index contributed by atoms with van der Waals surface area (Å²) in [5.41, 5.74) is 2.89. The third-order valence-corrected chi connectivity index (χ3v) is 38.2. The van der Waals surface area contributed by atoms with Crippen LogP contribution in [0.25, 0.3) is 0 Å². The fourth-order valence-electron chi connectivity index (χ4n) is 9.30. The highest BCUT2D eigenvalue weighted by atomic mass is 28.3. The van der Waals surface area contributed by atoms with Crippen molar-refractivity contribution in [1.82, 2.24) is 0 Å². The van der Waals surface area contributed by atoms with Gasteiger partial charge in [-0.3, -0.25) is 0 Å². The van der Waals surface area contributed by atoms with Crippen molar-refractivity contribution in [3.8, 4) is 11.5 Å². The van der Waals surface area contributed by atoms with Gasteiger partial charge in [0.25, 0.3) is 0 Å². The predicted molar refractivity (Wildman–Crippen MR) is 232 cm³/mol. The van der Waals surface area contributed by atoms with Crippen LogP contribution >= 0.6 is 0 Å². The van der Waals surface area contributed by atoms with E-state index in [1.165, 1.54) is 95.2 Å². The number of rotatable bonds is 22. The zero-order valence-electron chi connectivity index (χ0n) is 34.6. The summed E-state index contributed by atoms with van der Waals surface area (Å²) < 4.78 is 15.6. The molecule has 2 nitrogen and oxygen atoms in total. The van der Waals surface area contributed by atoms with Crippen molar-refractivity contribution < 1.29 is 7.58 Å². The predicted octanol–water partition coefficient (Wildman–Crippen LogP) is 11.5. The lowest BCUT2D eigenvalue weighted by atomic mass is 10.2. The summed E-state index contributed by atoms with van der Waals surface area (Å²) in [6.07, 6.45) is 1.11. The van der Waals surface area contributed by atoms with E-state index in [2.05, 4.69) is 128 Å². The van der Waals surface area contributed by atoms with Gasteiger partial charge in [-0.2, -0.15) is 0 Å². The van der Waals surface area contributed by atoms with E-state index in [-0.39, 0.29) is 0 Å². The van der Waals surface area contributed by atoms with E-state index in [0.29, 0.717) is 0 Å². The van der Waals surface area contributed by atoms with Gasteiger partial charge < -0.3 is 7.58 Å². The number of hydrogen-bond acceptors (Lipinski definition) is 2. The van der Waals surface area contributed by atoms with Crippen LogP contribution in [-0.4, -0.2) is 47.1 Å². The molecule has 0 aliphatic carbocycles. The molecule has 0 saturated heterocycles. The average Bonchev–Trinajstić information content (AvgIpc) is 3.11. The molecule has 0 aliphatic rings. The van der Waals surface area contributed by atoms with Crippen LogP contribution in [0.5, 0.6) is 11.5 Å². The Balaban J connectivity index is 3.09. The molecule has 2 rings (SSSR count). The molecule has 0 aromatic heterocycles. The lowest BCUT2D eigenvalue weighted by molar-refractivity contribution is 0.425. The summed E-state index contributed by atoms with van der Waals surface area (Å²) in [6, 6.07) is 25.7. The number of benzene rings is 2. The van der Waals surface area contributed by atoms with Crippen molar-refractivity contribution in [1.29, 1.82) is 0 Å². The zero-order valence-corrected chi connectivity index (χ0v) is 39.8. The molecular weight excluding hydrogens is 664 g/mol. The standard InChI is InChI=1S/2C19H36OSi2.C3H7.Al/c2*1-8-21(9-2,10-3)17-14-16(7)15-18(19(17)20)22(11-4,12-5)13-6;1-3-2;/h2*14-15,20H,8-13H2,1-7H3;1,3H2,2H3;/q;;;+2/p-2. The highest BCUT2D eigenvalue weighted by molar-refractivity contribution is 6.97. The van der Waals surface area contributed by atoms with E-state index in [1.54, 1.807) is 20.7 Å². The van der Waals surface area contributed by atoms with Gasteiger partial charge in [-0.15, -0.1) is 0 Å². The fraction of sp³-hybridized carbons (Fsp3) is 0.707. The van der Waals surface area contributed by atoms with Crippen LogP contribution in [0.1, 0.15) is 108 Å². The minimum atomic E-state index is -2.16. The highest BCUT2D eigenvalue weighted by Crippen LogP contribution is 2.33. The van der Waals surface area contributed by atoms with Crippen molar-refractivity contribution in [2.45, 2.75) is 188 Å². The Morgan fingerprint density at radius 2 is 0.604 bits per heavy atom. The number of hydrogen-bond donors (Lipinski definition) is 0.